The highest BCUT2D eigenvalue weighted by atomic mass is 19.2. The van der Waals surface area contributed by atoms with Crippen molar-refractivity contribution in [3.8, 4) is 0 Å². The minimum absolute atomic E-state index is 0.0440. The van der Waals surface area contributed by atoms with E-state index in [1.807, 2.05) is 0 Å². The van der Waals surface area contributed by atoms with Crippen LogP contribution >= 0.6 is 0 Å². The summed E-state index contributed by atoms with van der Waals surface area (Å²) in [6.07, 6.45) is 5.10. The Morgan fingerprint density at radius 1 is 1.36 bits per heavy atom. The number of azide groups is 1. The van der Waals surface area contributed by atoms with E-state index in [0.717, 1.165) is 0 Å². The molecule has 0 amide bonds. The lowest BCUT2D eigenvalue weighted by molar-refractivity contribution is 0.0691. The maximum atomic E-state index is 14.1. The number of hydrogen-bond donors (Lipinski definition) is 2. The number of halogens is 3. The molecule has 0 aromatic heterocycles. The number of allylic oxidation sites excluding steroid dienone is 2. The van der Waals surface area contributed by atoms with Gasteiger partial charge in [-0.05, 0) is 12.0 Å². The highest BCUT2D eigenvalue weighted by molar-refractivity contribution is 5.95. The van der Waals surface area contributed by atoms with Gasteiger partial charge in [0.2, 0.25) is 0 Å². The van der Waals surface area contributed by atoms with Crippen molar-refractivity contribution in [1.82, 2.24) is 0 Å². The van der Waals surface area contributed by atoms with Crippen LogP contribution in [-0.4, -0.2) is 17.6 Å². The minimum Gasteiger partial charge on any atom is -0.478 e. The predicted molar refractivity (Wildman–Crippen MR) is 74.5 cm³/mol. The number of rotatable bonds is 7. The lowest BCUT2D eigenvalue weighted by atomic mass is 10.1. The lowest BCUT2D eigenvalue weighted by Crippen LogP contribution is -2.13. The third-order valence-electron chi connectivity index (χ3n) is 2.54. The van der Waals surface area contributed by atoms with Crippen LogP contribution in [0.25, 0.3) is 10.4 Å². The SMILES string of the molecule is C=C/C=C/CCNc1c(F)c(N=[N+]=[N-])c(F)c(F)c1C(=O)O. The van der Waals surface area contributed by atoms with Gasteiger partial charge in [-0.2, -0.15) is 0 Å². The smallest absolute Gasteiger partial charge is 0.341 e. The number of benzene rings is 1. The van der Waals surface area contributed by atoms with Crippen molar-refractivity contribution in [2.24, 2.45) is 5.11 Å². The first-order chi connectivity index (χ1) is 10.5. The van der Waals surface area contributed by atoms with Crippen LogP contribution in [0.1, 0.15) is 16.8 Å². The summed E-state index contributed by atoms with van der Waals surface area (Å²) >= 11 is 0. The van der Waals surface area contributed by atoms with Crippen LogP contribution in [0.4, 0.5) is 24.5 Å². The van der Waals surface area contributed by atoms with E-state index in [0.29, 0.717) is 6.42 Å². The molecule has 9 heteroatoms. The van der Waals surface area contributed by atoms with E-state index >= 15 is 0 Å². The summed E-state index contributed by atoms with van der Waals surface area (Å²) in [5, 5.41) is 14.0. The highest BCUT2D eigenvalue weighted by Gasteiger charge is 2.28. The summed E-state index contributed by atoms with van der Waals surface area (Å²) in [4.78, 5) is 13.2. The van der Waals surface area contributed by atoms with Crippen LogP contribution in [-0.2, 0) is 0 Å². The van der Waals surface area contributed by atoms with Gasteiger partial charge < -0.3 is 10.4 Å². The van der Waals surface area contributed by atoms with Gasteiger partial charge in [0.25, 0.3) is 0 Å². The summed E-state index contributed by atoms with van der Waals surface area (Å²) < 4.78 is 41.3. The third-order valence-corrected chi connectivity index (χ3v) is 2.54. The van der Waals surface area contributed by atoms with Crippen LogP contribution in [0.15, 0.2) is 29.9 Å². The van der Waals surface area contributed by atoms with Gasteiger partial charge >= 0.3 is 5.97 Å². The van der Waals surface area contributed by atoms with Gasteiger partial charge in [-0.15, -0.1) is 0 Å². The van der Waals surface area contributed by atoms with Crippen LogP contribution in [0, 0.1) is 17.5 Å². The fourth-order valence-electron chi connectivity index (χ4n) is 1.62. The summed E-state index contributed by atoms with van der Waals surface area (Å²) in [6, 6.07) is 0. The molecule has 0 aliphatic carbocycles. The summed E-state index contributed by atoms with van der Waals surface area (Å²) in [5.41, 5.74) is 5.05. The minimum atomic E-state index is -1.86. The zero-order valence-electron chi connectivity index (χ0n) is 11.2. The first-order valence-electron chi connectivity index (χ1n) is 5.96. The molecule has 0 bridgehead atoms. The number of nitrogens with zero attached hydrogens (tertiary/aromatic N) is 3. The van der Waals surface area contributed by atoms with E-state index in [9.17, 15) is 18.0 Å². The van der Waals surface area contributed by atoms with Crippen LogP contribution in [0.5, 0.6) is 0 Å². The van der Waals surface area contributed by atoms with E-state index < -0.39 is 40.4 Å². The molecule has 0 saturated carbocycles. The zero-order valence-corrected chi connectivity index (χ0v) is 11.2. The van der Waals surface area contributed by atoms with E-state index in [1.165, 1.54) is 6.08 Å². The molecule has 1 aromatic rings. The molecule has 0 saturated heterocycles. The van der Waals surface area contributed by atoms with Gasteiger partial charge in [0.15, 0.2) is 17.5 Å². The molecule has 0 fully saturated rings. The maximum Gasteiger partial charge on any atom is 0.341 e. The van der Waals surface area contributed by atoms with Crippen LogP contribution in [0.3, 0.4) is 0 Å². The van der Waals surface area contributed by atoms with Gasteiger partial charge in [-0.1, -0.05) is 29.9 Å². The average molecular weight is 312 g/mol. The summed E-state index contributed by atoms with van der Waals surface area (Å²) in [7, 11) is 0. The normalized spacial score (nSPS) is 10.3. The van der Waals surface area contributed by atoms with E-state index in [-0.39, 0.29) is 6.54 Å². The van der Waals surface area contributed by atoms with Crippen LogP contribution < -0.4 is 5.32 Å². The van der Waals surface area contributed by atoms with Crippen molar-refractivity contribution < 1.29 is 23.1 Å². The lowest BCUT2D eigenvalue weighted by Gasteiger charge is -2.13. The topological polar surface area (TPSA) is 98.1 Å². The molecule has 0 atom stereocenters. The second kappa shape index (κ2) is 7.75. The van der Waals surface area contributed by atoms with Gasteiger partial charge in [0, 0.05) is 11.5 Å². The fourth-order valence-corrected chi connectivity index (χ4v) is 1.62. The standard InChI is InChI=1S/C13H11F3N4O2/c1-2-3-4-5-6-18-11-7(13(21)22)8(14)9(15)12(10(11)16)19-20-17/h2-4,18H,1,5-6H2,(H,21,22)/b4-3+. The number of carbonyl (C=O) groups is 1. The second-order valence-corrected chi connectivity index (χ2v) is 3.91. The van der Waals surface area contributed by atoms with Gasteiger partial charge in [0.05, 0.1) is 5.69 Å². The van der Waals surface area contributed by atoms with E-state index in [4.69, 9.17) is 10.6 Å². The Labute approximate surface area is 123 Å². The number of carboxylic acids is 1. The Kier molecular flexibility index (Phi) is 6.03. The van der Waals surface area contributed by atoms with Crippen molar-refractivity contribution in [3.05, 3.63) is 58.3 Å². The van der Waals surface area contributed by atoms with E-state index in [1.54, 1.807) is 12.2 Å². The highest BCUT2D eigenvalue weighted by Crippen LogP contribution is 2.34. The molecule has 0 aliphatic rings. The largest absolute Gasteiger partial charge is 0.478 e. The molecular weight excluding hydrogens is 301 g/mol. The molecular formula is C13H11F3N4O2. The molecule has 0 spiro atoms. The predicted octanol–water partition coefficient (Wildman–Crippen LogP) is 4.29. The molecule has 6 nitrogen and oxygen atoms in total. The van der Waals surface area contributed by atoms with Crippen molar-refractivity contribution >= 4 is 17.3 Å². The van der Waals surface area contributed by atoms with Crippen molar-refractivity contribution in [3.63, 3.8) is 0 Å². The Hall–Kier alpha value is -2.93. The average Bonchev–Trinajstić information content (AvgIpc) is 2.48. The fraction of sp³-hybridized carbons (Fsp3) is 0.154. The summed E-state index contributed by atoms with van der Waals surface area (Å²) in [5.74, 6) is -6.99. The monoisotopic (exact) mass is 312 g/mol. The molecule has 116 valence electrons. The number of carboxylic acid groups (broad SMARTS) is 1. The van der Waals surface area contributed by atoms with Gasteiger partial charge in [0.1, 0.15) is 11.3 Å². The van der Waals surface area contributed by atoms with Crippen molar-refractivity contribution in [2.75, 3.05) is 11.9 Å². The molecule has 22 heavy (non-hydrogen) atoms. The van der Waals surface area contributed by atoms with Crippen LogP contribution in [0.2, 0.25) is 0 Å². The quantitative estimate of drug-likeness (QED) is 0.196. The van der Waals surface area contributed by atoms with E-state index in [2.05, 4.69) is 21.9 Å². The number of hydrogen-bond acceptors (Lipinski definition) is 3. The number of anilines is 1. The third kappa shape index (κ3) is 3.58. The first-order valence-corrected chi connectivity index (χ1v) is 5.96. The second-order valence-electron chi connectivity index (χ2n) is 3.91. The molecule has 1 aromatic carbocycles. The van der Waals surface area contributed by atoms with Crippen molar-refractivity contribution in [1.29, 1.82) is 0 Å². The molecule has 0 heterocycles. The number of aromatic carboxylic acids is 1. The molecule has 0 aliphatic heterocycles. The van der Waals surface area contributed by atoms with Gasteiger partial charge in [-0.25, -0.2) is 18.0 Å². The molecule has 2 N–H and O–H groups in total. The zero-order chi connectivity index (χ0) is 16.7. The molecule has 0 radical (unpaired) electrons. The Morgan fingerprint density at radius 3 is 2.59 bits per heavy atom. The molecule has 1 rings (SSSR count). The Bertz CT molecular complexity index is 683. The number of nitrogens with one attached hydrogen (secondary N) is 1. The maximum absolute atomic E-state index is 14.1. The Morgan fingerprint density at radius 2 is 2.05 bits per heavy atom. The molecule has 0 unspecified atom stereocenters. The Balaban J connectivity index is 3.33. The van der Waals surface area contributed by atoms with Gasteiger partial charge in [-0.3, -0.25) is 0 Å². The van der Waals surface area contributed by atoms with Crippen molar-refractivity contribution in [2.45, 2.75) is 6.42 Å². The first kappa shape index (κ1) is 17.1. The summed E-state index contributed by atoms with van der Waals surface area (Å²) in [6.45, 7) is 3.48.